The van der Waals surface area contributed by atoms with Gasteiger partial charge in [0, 0.05) is 10.1 Å². The average Bonchev–Trinajstić information content (AvgIpc) is 2.90. The van der Waals surface area contributed by atoms with Crippen LogP contribution in [0.1, 0.15) is 51.0 Å². The standard InChI is InChI=1S/C19H29NS/c1-2-5-14-8-9-16(13-20)17(10-14)12-18-11-15-6-3-4-7-19(15)21-18/h3-4,6-7,14,16-18H,2,5,8-13,20H2,1H3. The number of hydrogen-bond acceptors (Lipinski definition) is 2. The first kappa shape index (κ1) is 15.4. The smallest absolute Gasteiger partial charge is 0.0138 e. The Morgan fingerprint density at radius 1 is 1.19 bits per heavy atom. The average molecular weight is 304 g/mol. The van der Waals surface area contributed by atoms with Crippen molar-refractivity contribution in [1.82, 2.24) is 0 Å². The SMILES string of the molecule is CCCC1CCC(CN)C(CC2Cc3ccccc3S2)C1. The Kier molecular flexibility index (Phi) is 5.29. The molecule has 0 spiro atoms. The molecule has 1 aromatic rings. The summed E-state index contributed by atoms with van der Waals surface area (Å²) in [5, 5.41) is 0.793. The predicted molar refractivity (Wildman–Crippen MR) is 92.7 cm³/mol. The van der Waals surface area contributed by atoms with Crippen LogP contribution in [0, 0.1) is 17.8 Å². The zero-order valence-corrected chi connectivity index (χ0v) is 14.1. The molecule has 4 unspecified atom stereocenters. The molecule has 116 valence electrons. The maximum absolute atomic E-state index is 6.06. The van der Waals surface area contributed by atoms with Gasteiger partial charge in [0.2, 0.25) is 0 Å². The quantitative estimate of drug-likeness (QED) is 0.838. The van der Waals surface area contributed by atoms with E-state index in [1.165, 1.54) is 49.8 Å². The number of fused-ring (bicyclic) bond motifs is 1. The molecule has 0 amide bonds. The maximum atomic E-state index is 6.06. The van der Waals surface area contributed by atoms with Gasteiger partial charge in [0.15, 0.2) is 0 Å². The minimum Gasteiger partial charge on any atom is -0.330 e. The molecule has 0 radical (unpaired) electrons. The van der Waals surface area contributed by atoms with Crippen LogP contribution in [0.3, 0.4) is 0 Å². The summed E-state index contributed by atoms with van der Waals surface area (Å²) in [6, 6.07) is 8.96. The van der Waals surface area contributed by atoms with E-state index < -0.39 is 0 Å². The van der Waals surface area contributed by atoms with Crippen molar-refractivity contribution in [1.29, 1.82) is 0 Å². The first-order valence-electron chi connectivity index (χ1n) is 8.74. The highest BCUT2D eigenvalue weighted by Crippen LogP contribution is 2.44. The molecule has 0 bridgehead atoms. The lowest BCUT2D eigenvalue weighted by Crippen LogP contribution is -2.32. The Morgan fingerprint density at radius 3 is 2.81 bits per heavy atom. The maximum Gasteiger partial charge on any atom is 0.0138 e. The van der Waals surface area contributed by atoms with E-state index in [0.717, 1.165) is 29.5 Å². The summed E-state index contributed by atoms with van der Waals surface area (Å²) < 4.78 is 0. The molecule has 2 heteroatoms. The normalized spacial score (nSPS) is 32.1. The molecule has 1 aliphatic carbocycles. The zero-order chi connectivity index (χ0) is 14.7. The second-order valence-corrected chi connectivity index (χ2v) is 8.35. The third-order valence-corrected chi connectivity index (χ3v) is 6.87. The summed E-state index contributed by atoms with van der Waals surface area (Å²) in [7, 11) is 0. The predicted octanol–water partition coefficient (Wildman–Crippen LogP) is 4.88. The van der Waals surface area contributed by atoms with Crippen LogP contribution >= 0.6 is 11.8 Å². The lowest BCUT2D eigenvalue weighted by atomic mass is 9.71. The van der Waals surface area contributed by atoms with Gasteiger partial charge < -0.3 is 5.73 Å². The second-order valence-electron chi connectivity index (χ2n) is 7.01. The highest BCUT2D eigenvalue weighted by atomic mass is 32.2. The molecule has 1 heterocycles. The van der Waals surface area contributed by atoms with Crippen molar-refractivity contribution in [3.63, 3.8) is 0 Å². The minimum atomic E-state index is 0.780. The van der Waals surface area contributed by atoms with Crippen LogP contribution in [-0.4, -0.2) is 11.8 Å². The number of rotatable bonds is 5. The van der Waals surface area contributed by atoms with Crippen LogP contribution in [0.4, 0.5) is 0 Å². The van der Waals surface area contributed by atoms with Gasteiger partial charge >= 0.3 is 0 Å². The Balaban J connectivity index is 1.60. The van der Waals surface area contributed by atoms with Gasteiger partial charge in [-0.2, -0.15) is 0 Å². The number of hydrogen-bond donors (Lipinski definition) is 1. The van der Waals surface area contributed by atoms with E-state index in [0.29, 0.717) is 0 Å². The fourth-order valence-electron chi connectivity index (χ4n) is 4.42. The third kappa shape index (κ3) is 3.65. The molecule has 0 saturated heterocycles. The summed E-state index contributed by atoms with van der Waals surface area (Å²) in [4.78, 5) is 1.52. The van der Waals surface area contributed by atoms with E-state index >= 15 is 0 Å². The molecular formula is C19H29NS. The topological polar surface area (TPSA) is 26.0 Å². The first-order valence-corrected chi connectivity index (χ1v) is 9.62. The summed E-state index contributed by atoms with van der Waals surface area (Å²) in [6.07, 6.45) is 9.64. The van der Waals surface area contributed by atoms with Gasteiger partial charge in [-0.1, -0.05) is 44.4 Å². The largest absolute Gasteiger partial charge is 0.330 e. The lowest BCUT2D eigenvalue weighted by Gasteiger charge is -2.37. The van der Waals surface area contributed by atoms with Crippen molar-refractivity contribution in [2.45, 2.75) is 62.0 Å². The van der Waals surface area contributed by atoms with Crippen LogP contribution in [0.15, 0.2) is 29.2 Å². The Labute approximate surface area is 134 Å². The van der Waals surface area contributed by atoms with Gasteiger partial charge in [-0.15, -0.1) is 11.8 Å². The molecule has 4 atom stereocenters. The summed E-state index contributed by atoms with van der Waals surface area (Å²) in [5.74, 6) is 2.62. The van der Waals surface area contributed by atoms with Crippen molar-refractivity contribution in [2.24, 2.45) is 23.5 Å². The summed E-state index contributed by atoms with van der Waals surface area (Å²) >= 11 is 2.12. The zero-order valence-electron chi connectivity index (χ0n) is 13.3. The van der Waals surface area contributed by atoms with Crippen molar-refractivity contribution in [2.75, 3.05) is 6.54 Å². The van der Waals surface area contributed by atoms with E-state index in [-0.39, 0.29) is 0 Å². The van der Waals surface area contributed by atoms with Crippen LogP contribution in [-0.2, 0) is 6.42 Å². The molecule has 1 aromatic carbocycles. The van der Waals surface area contributed by atoms with Crippen LogP contribution in [0.2, 0.25) is 0 Å². The van der Waals surface area contributed by atoms with Crippen LogP contribution in [0.5, 0.6) is 0 Å². The molecule has 0 aromatic heterocycles. The monoisotopic (exact) mass is 303 g/mol. The fourth-order valence-corrected chi connectivity index (χ4v) is 5.84. The van der Waals surface area contributed by atoms with Gasteiger partial charge in [-0.05, 0) is 61.6 Å². The molecule has 2 aliphatic rings. The minimum absolute atomic E-state index is 0.780. The van der Waals surface area contributed by atoms with E-state index in [4.69, 9.17) is 5.73 Å². The molecule has 1 fully saturated rings. The van der Waals surface area contributed by atoms with Crippen molar-refractivity contribution in [3.8, 4) is 0 Å². The van der Waals surface area contributed by atoms with Crippen molar-refractivity contribution in [3.05, 3.63) is 29.8 Å². The molecule has 2 N–H and O–H groups in total. The van der Waals surface area contributed by atoms with E-state index in [1.54, 1.807) is 5.56 Å². The second kappa shape index (κ2) is 7.19. The Bertz CT molecular complexity index is 434. The molecule has 1 nitrogen and oxygen atoms in total. The first-order chi connectivity index (χ1) is 10.3. The van der Waals surface area contributed by atoms with Gasteiger partial charge in [-0.25, -0.2) is 0 Å². The molecule has 3 rings (SSSR count). The highest BCUT2D eigenvalue weighted by molar-refractivity contribution is 8.00. The van der Waals surface area contributed by atoms with Crippen molar-refractivity contribution < 1.29 is 0 Å². The van der Waals surface area contributed by atoms with Crippen molar-refractivity contribution >= 4 is 11.8 Å². The molecule has 1 saturated carbocycles. The molecule has 1 aliphatic heterocycles. The van der Waals surface area contributed by atoms with Gasteiger partial charge in [0.1, 0.15) is 0 Å². The Hall–Kier alpha value is -0.470. The molecular weight excluding hydrogens is 274 g/mol. The van der Waals surface area contributed by atoms with Crippen LogP contribution < -0.4 is 5.73 Å². The number of thioether (sulfide) groups is 1. The van der Waals surface area contributed by atoms with E-state index in [9.17, 15) is 0 Å². The fraction of sp³-hybridized carbons (Fsp3) is 0.684. The summed E-state index contributed by atoms with van der Waals surface area (Å²) in [5.41, 5.74) is 7.63. The molecule has 21 heavy (non-hydrogen) atoms. The van der Waals surface area contributed by atoms with E-state index in [2.05, 4.69) is 43.0 Å². The van der Waals surface area contributed by atoms with E-state index in [1.807, 2.05) is 0 Å². The van der Waals surface area contributed by atoms with Gasteiger partial charge in [-0.3, -0.25) is 0 Å². The number of nitrogens with two attached hydrogens (primary N) is 1. The lowest BCUT2D eigenvalue weighted by molar-refractivity contribution is 0.167. The highest BCUT2D eigenvalue weighted by Gasteiger charge is 2.33. The summed E-state index contributed by atoms with van der Waals surface area (Å²) in [6.45, 7) is 3.22. The third-order valence-electron chi connectivity index (χ3n) is 5.53. The Morgan fingerprint density at radius 2 is 2.05 bits per heavy atom. The van der Waals surface area contributed by atoms with Crippen LogP contribution in [0.25, 0.3) is 0 Å². The van der Waals surface area contributed by atoms with Gasteiger partial charge in [0.05, 0.1) is 0 Å². The number of benzene rings is 1. The van der Waals surface area contributed by atoms with Gasteiger partial charge in [0.25, 0.3) is 0 Å².